The maximum atomic E-state index is 10.7. The second-order valence-corrected chi connectivity index (χ2v) is 3.98. The summed E-state index contributed by atoms with van der Waals surface area (Å²) in [5.74, 6) is -1.22. The minimum Gasteiger partial charge on any atom is -0.481 e. The van der Waals surface area contributed by atoms with Gasteiger partial charge in [-0.1, -0.05) is 22.0 Å². The Kier molecular flexibility index (Phi) is 3.09. The summed E-state index contributed by atoms with van der Waals surface area (Å²) in [4.78, 5) is 10.7. The summed E-state index contributed by atoms with van der Waals surface area (Å²) in [6, 6.07) is 5.63. The summed E-state index contributed by atoms with van der Waals surface area (Å²) in [5.41, 5.74) is 1.87. The lowest BCUT2D eigenvalue weighted by atomic mass is 9.97. The first-order valence-electron chi connectivity index (χ1n) is 4.01. The van der Waals surface area contributed by atoms with Gasteiger partial charge in [0, 0.05) is 4.47 Å². The second kappa shape index (κ2) is 3.92. The number of aryl methyl sites for hydroxylation is 1. The highest BCUT2D eigenvalue weighted by atomic mass is 79.9. The molecule has 3 heteroatoms. The van der Waals surface area contributed by atoms with Crippen LogP contribution in [0, 0.1) is 6.92 Å². The van der Waals surface area contributed by atoms with E-state index < -0.39 is 11.9 Å². The van der Waals surface area contributed by atoms with Crippen LogP contribution in [0.25, 0.3) is 0 Å². The third-order valence-corrected chi connectivity index (χ3v) is 2.56. The zero-order valence-electron chi connectivity index (χ0n) is 7.54. The van der Waals surface area contributed by atoms with Crippen molar-refractivity contribution >= 4 is 21.9 Å². The SMILES string of the molecule is Cc1cc(Br)ccc1[C@@H](C)C(=O)O. The Morgan fingerprint density at radius 1 is 1.54 bits per heavy atom. The molecule has 1 N–H and O–H groups in total. The molecule has 1 aromatic rings. The quantitative estimate of drug-likeness (QED) is 0.866. The molecular weight excluding hydrogens is 232 g/mol. The van der Waals surface area contributed by atoms with Gasteiger partial charge in [-0.2, -0.15) is 0 Å². The van der Waals surface area contributed by atoms with Crippen molar-refractivity contribution in [2.45, 2.75) is 19.8 Å². The highest BCUT2D eigenvalue weighted by Gasteiger charge is 2.15. The maximum absolute atomic E-state index is 10.7. The number of benzene rings is 1. The Morgan fingerprint density at radius 2 is 2.15 bits per heavy atom. The number of carboxylic acid groups (broad SMARTS) is 1. The zero-order chi connectivity index (χ0) is 10.0. The van der Waals surface area contributed by atoms with Gasteiger partial charge < -0.3 is 5.11 Å². The van der Waals surface area contributed by atoms with Crippen molar-refractivity contribution in [1.29, 1.82) is 0 Å². The lowest BCUT2D eigenvalue weighted by Gasteiger charge is -2.09. The van der Waals surface area contributed by atoms with Crippen molar-refractivity contribution in [3.63, 3.8) is 0 Å². The normalized spacial score (nSPS) is 12.5. The summed E-state index contributed by atoms with van der Waals surface area (Å²) in [6.45, 7) is 3.61. The van der Waals surface area contributed by atoms with Crippen LogP contribution in [0.3, 0.4) is 0 Å². The summed E-state index contributed by atoms with van der Waals surface area (Å²) >= 11 is 3.33. The summed E-state index contributed by atoms with van der Waals surface area (Å²) in [5, 5.41) is 8.82. The Bertz CT molecular complexity index is 334. The first kappa shape index (κ1) is 10.3. The Morgan fingerprint density at radius 3 is 2.62 bits per heavy atom. The lowest BCUT2D eigenvalue weighted by molar-refractivity contribution is -0.138. The van der Waals surface area contributed by atoms with Gasteiger partial charge in [0.2, 0.25) is 0 Å². The third kappa shape index (κ3) is 2.31. The molecule has 0 aliphatic carbocycles. The van der Waals surface area contributed by atoms with Gasteiger partial charge >= 0.3 is 5.97 Å². The smallest absolute Gasteiger partial charge is 0.310 e. The average molecular weight is 243 g/mol. The number of carbonyl (C=O) groups is 1. The Hall–Kier alpha value is -0.830. The average Bonchev–Trinajstić information content (AvgIpc) is 2.03. The van der Waals surface area contributed by atoms with Crippen LogP contribution in [0.2, 0.25) is 0 Å². The van der Waals surface area contributed by atoms with E-state index in [4.69, 9.17) is 5.11 Å². The summed E-state index contributed by atoms with van der Waals surface area (Å²) in [6.07, 6.45) is 0. The van der Waals surface area contributed by atoms with E-state index in [0.717, 1.165) is 15.6 Å². The van der Waals surface area contributed by atoms with Gasteiger partial charge in [0.25, 0.3) is 0 Å². The van der Waals surface area contributed by atoms with Crippen LogP contribution >= 0.6 is 15.9 Å². The van der Waals surface area contributed by atoms with Crippen molar-refractivity contribution in [3.05, 3.63) is 33.8 Å². The van der Waals surface area contributed by atoms with Gasteiger partial charge in [-0.25, -0.2) is 0 Å². The molecule has 0 aromatic heterocycles. The van der Waals surface area contributed by atoms with Gasteiger partial charge in [0.05, 0.1) is 5.92 Å². The third-order valence-electron chi connectivity index (χ3n) is 2.07. The van der Waals surface area contributed by atoms with Crippen LogP contribution in [0.4, 0.5) is 0 Å². The van der Waals surface area contributed by atoms with Gasteiger partial charge in [-0.15, -0.1) is 0 Å². The van der Waals surface area contributed by atoms with E-state index in [2.05, 4.69) is 15.9 Å². The fourth-order valence-electron chi connectivity index (χ4n) is 1.26. The molecule has 0 bridgehead atoms. The lowest BCUT2D eigenvalue weighted by Crippen LogP contribution is -2.08. The highest BCUT2D eigenvalue weighted by molar-refractivity contribution is 9.10. The number of hydrogen-bond donors (Lipinski definition) is 1. The van der Waals surface area contributed by atoms with Crippen molar-refractivity contribution in [3.8, 4) is 0 Å². The van der Waals surface area contributed by atoms with Crippen LogP contribution in [0.15, 0.2) is 22.7 Å². The van der Waals surface area contributed by atoms with Crippen LogP contribution in [-0.4, -0.2) is 11.1 Å². The van der Waals surface area contributed by atoms with Crippen LogP contribution in [0.1, 0.15) is 24.0 Å². The number of aliphatic carboxylic acids is 1. The highest BCUT2D eigenvalue weighted by Crippen LogP contribution is 2.22. The van der Waals surface area contributed by atoms with E-state index in [9.17, 15) is 4.79 Å². The predicted octanol–water partition coefficient (Wildman–Crippen LogP) is 2.95. The van der Waals surface area contributed by atoms with Gasteiger partial charge in [0.15, 0.2) is 0 Å². The largest absolute Gasteiger partial charge is 0.481 e. The first-order valence-corrected chi connectivity index (χ1v) is 4.80. The van der Waals surface area contributed by atoms with E-state index in [1.165, 1.54) is 0 Å². The van der Waals surface area contributed by atoms with Crippen molar-refractivity contribution in [2.75, 3.05) is 0 Å². The predicted molar refractivity (Wildman–Crippen MR) is 54.9 cm³/mol. The molecule has 70 valence electrons. The van der Waals surface area contributed by atoms with Gasteiger partial charge in [0.1, 0.15) is 0 Å². The van der Waals surface area contributed by atoms with Crippen molar-refractivity contribution in [2.24, 2.45) is 0 Å². The van der Waals surface area contributed by atoms with Crippen LogP contribution in [0.5, 0.6) is 0 Å². The summed E-state index contributed by atoms with van der Waals surface area (Å²) < 4.78 is 0.978. The zero-order valence-corrected chi connectivity index (χ0v) is 9.13. The second-order valence-electron chi connectivity index (χ2n) is 3.06. The number of carboxylic acids is 1. The van der Waals surface area contributed by atoms with Crippen molar-refractivity contribution < 1.29 is 9.90 Å². The minimum atomic E-state index is -0.787. The molecule has 0 aliphatic rings. The van der Waals surface area contributed by atoms with E-state index in [-0.39, 0.29) is 0 Å². The maximum Gasteiger partial charge on any atom is 0.310 e. The molecule has 0 amide bonds. The van der Waals surface area contributed by atoms with Crippen molar-refractivity contribution in [1.82, 2.24) is 0 Å². The number of halogens is 1. The minimum absolute atomic E-state index is 0.437. The monoisotopic (exact) mass is 242 g/mol. The van der Waals surface area contributed by atoms with E-state index in [0.29, 0.717) is 0 Å². The number of rotatable bonds is 2. The molecular formula is C10H11BrO2. The van der Waals surface area contributed by atoms with Crippen LogP contribution in [-0.2, 0) is 4.79 Å². The molecule has 1 aromatic carbocycles. The molecule has 0 spiro atoms. The van der Waals surface area contributed by atoms with E-state index in [1.807, 2.05) is 25.1 Å². The van der Waals surface area contributed by atoms with E-state index in [1.54, 1.807) is 6.92 Å². The fourth-order valence-corrected chi connectivity index (χ4v) is 1.73. The van der Waals surface area contributed by atoms with E-state index >= 15 is 0 Å². The molecule has 0 fully saturated rings. The molecule has 0 heterocycles. The Labute approximate surface area is 85.7 Å². The molecule has 2 nitrogen and oxygen atoms in total. The first-order chi connectivity index (χ1) is 6.02. The Balaban J connectivity index is 3.08. The standard InChI is InChI=1S/C10H11BrO2/c1-6-5-8(11)3-4-9(6)7(2)10(12)13/h3-5,7H,1-2H3,(H,12,13)/t7-/m1/s1. The molecule has 1 rings (SSSR count). The molecule has 1 atom stereocenters. The van der Waals surface area contributed by atoms with Crippen LogP contribution < -0.4 is 0 Å². The summed E-state index contributed by atoms with van der Waals surface area (Å²) in [7, 11) is 0. The van der Waals surface area contributed by atoms with Gasteiger partial charge in [-0.3, -0.25) is 4.79 Å². The number of hydrogen-bond acceptors (Lipinski definition) is 1. The molecule has 13 heavy (non-hydrogen) atoms. The topological polar surface area (TPSA) is 37.3 Å². The molecule has 0 radical (unpaired) electrons. The molecule has 0 saturated heterocycles. The fraction of sp³-hybridized carbons (Fsp3) is 0.300. The molecule has 0 unspecified atom stereocenters. The van der Waals surface area contributed by atoms with Gasteiger partial charge in [-0.05, 0) is 37.1 Å². The molecule has 0 saturated carbocycles. The molecule has 0 aliphatic heterocycles.